The molecule has 0 amide bonds. The lowest BCUT2D eigenvalue weighted by Crippen LogP contribution is -2.60. The Hall–Kier alpha value is -3.02. The van der Waals surface area contributed by atoms with Crippen LogP contribution >= 0.6 is 0 Å². The Morgan fingerprint density at radius 2 is 1.71 bits per heavy atom. The highest BCUT2D eigenvalue weighted by atomic mass is 16.7. The second-order valence-electron chi connectivity index (χ2n) is 7.05. The maximum absolute atomic E-state index is 12.0. The van der Waals surface area contributed by atoms with Gasteiger partial charge in [0.1, 0.15) is 48.1 Å². The van der Waals surface area contributed by atoms with Gasteiger partial charge in [0.25, 0.3) is 0 Å². The van der Waals surface area contributed by atoms with E-state index in [2.05, 4.69) is 0 Å². The van der Waals surface area contributed by atoms with Gasteiger partial charge in [0.05, 0.1) is 0 Å². The van der Waals surface area contributed by atoms with E-state index in [4.69, 9.17) is 14.2 Å². The van der Waals surface area contributed by atoms with Crippen LogP contribution in [0, 0.1) is 0 Å². The molecule has 10 heteroatoms. The zero-order valence-electron chi connectivity index (χ0n) is 16.1. The van der Waals surface area contributed by atoms with Crippen molar-refractivity contribution >= 4 is 11.8 Å². The summed E-state index contributed by atoms with van der Waals surface area (Å²) in [4.78, 5) is 23.1. The first kappa shape index (κ1) is 22.7. The minimum absolute atomic E-state index is 0.00114. The number of esters is 1. The van der Waals surface area contributed by atoms with Crippen molar-refractivity contribution in [3.63, 3.8) is 0 Å². The molecule has 1 aliphatic heterocycles. The first-order chi connectivity index (χ1) is 14.7. The van der Waals surface area contributed by atoms with Crippen LogP contribution < -0.4 is 4.74 Å². The van der Waals surface area contributed by atoms with Crippen LogP contribution in [0.2, 0.25) is 0 Å². The summed E-state index contributed by atoms with van der Waals surface area (Å²) >= 11 is 0. The summed E-state index contributed by atoms with van der Waals surface area (Å²) in [6, 6.07) is 5.52. The van der Waals surface area contributed by atoms with Gasteiger partial charge in [-0.2, -0.15) is 0 Å². The van der Waals surface area contributed by atoms with Crippen molar-refractivity contribution in [1.82, 2.24) is 0 Å². The van der Waals surface area contributed by atoms with Gasteiger partial charge in [-0.3, -0.25) is 4.79 Å². The van der Waals surface area contributed by atoms with Crippen molar-refractivity contribution in [3.8, 4) is 11.5 Å². The molecule has 1 aromatic rings. The zero-order chi connectivity index (χ0) is 22.6. The number of phenols is 1. The predicted molar refractivity (Wildman–Crippen MR) is 104 cm³/mol. The van der Waals surface area contributed by atoms with Crippen LogP contribution in [0.15, 0.2) is 60.7 Å². The highest BCUT2D eigenvalue weighted by Crippen LogP contribution is 2.25. The van der Waals surface area contributed by atoms with E-state index in [1.54, 1.807) is 0 Å². The Labute approximate surface area is 176 Å². The third-order valence-electron chi connectivity index (χ3n) is 4.66. The van der Waals surface area contributed by atoms with Crippen LogP contribution in [-0.2, 0) is 19.1 Å². The van der Waals surface area contributed by atoms with Gasteiger partial charge in [0.2, 0.25) is 6.29 Å². The van der Waals surface area contributed by atoms with Crippen molar-refractivity contribution in [3.05, 3.63) is 60.7 Å². The third kappa shape index (κ3) is 5.78. The van der Waals surface area contributed by atoms with Gasteiger partial charge >= 0.3 is 5.97 Å². The molecule has 0 unspecified atom stereocenters. The lowest BCUT2D eigenvalue weighted by atomic mass is 9.97. The maximum Gasteiger partial charge on any atom is 0.330 e. The zero-order valence-corrected chi connectivity index (χ0v) is 16.1. The molecule has 5 atom stereocenters. The lowest BCUT2D eigenvalue weighted by molar-refractivity contribution is -0.278. The Kier molecular flexibility index (Phi) is 6.88. The molecule has 31 heavy (non-hydrogen) atoms. The molecule has 1 aromatic carbocycles. The summed E-state index contributed by atoms with van der Waals surface area (Å²) < 4.78 is 15.9. The van der Waals surface area contributed by atoms with Crippen molar-refractivity contribution in [2.24, 2.45) is 0 Å². The van der Waals surface area contributed by atoms with Gasteiger partial charge in [-0.25, -0.2) is 4.79 Å². The number of ether oxygens (including phenoxy) is 3. The number of aliphatic hydroxyl groups is 4. The molecule has 0 radical (unpaired) electrons. The van der Waals surface area contributed by atoms with Gasteiger partial charge in [0, 0.05) is 6.08 Å². The predicted octanol–water partition coefficient (Wildman–Crippen LogP) is -0.896. The molecule has 1 saturated heterocycles. The minimum Gasteiger partial charge on any atom is -0.508 e. The molecule has 0 saturated carbocycles. The summed E-state index contributed by atoms with van der Waals surface area (Å²) in [5.74, 6) is -0.945. The minimum atomic E-state index is -1.63. The van der Waals surface area contributed by atoms with Crippen LogP contribution in [0.25, 0.3) is 0 Å². The Balaban J connectivity index is 1.58. The standard InChI is InChI=1S/C21H22O10/c22-12-1-3-14(4-2-12)30-20-19(27)18(26)17(25)15(31-20)11-29-16(24)7-10-21(28)8-5-13(23)6-9-21/h1-10,15,17-20,22,25-28H,11H2/b10-7+/t15-,17-,18+,19-,20-/m1/s1. The maximum atomic E-state index is 12.0. The second-order valence-corrected chi connectivity index (χ2v) is 7.05. The van der Waals surface area contributed by atoms with Crippen molar-refractivity contribution in [2.45, 2.75) is 36.3 Å². The largest absolute Gasteiger partial charge is 0.508 e. The number of aromatic hydroxyl groups is 1. The van der Waals surface area contributed by atoms with Crippen LogP contribution in [0.1, 0.15) is 0 Å². The fraction of sp³-hybridized carbons (Fsp3) is 0.333. The number of carbonyl (C=O) groups excluding carboxylic acids is 2. The Morgan fingerprint density at radius 3 is 2.35 bits per heavy atom. The quantitative estimate of drug-likeness (QED) is 0.280. The van der Waals surface area contributed by atoms with E-state index in [9.17, 15) is 35.1 Å². The molecule has 0 spiro atoms. The van der Waals surface area contributed by atoms with E-state index >= 15 is 0 Å². The number of ketones is 1. The van der Waals surface area contributed by atoms with Gasteiger partial charge < -0.3 is 39.7 Å². The molecular weight excluding hydrogens is 412 g/mol. The summed E-state index contributed by atoms with van der Waals surface area (Å²) in [7, 11) is 0. The van der Waals surface area contributed by atoms with Crippen LogP contribution in [0.5, 0.6) is 11.5 Å². The molecule has 1 heterocycles. The molecule has 166 valence electrons. The topological polar surface area (TPSA) is 163 Å². The molecule has 5 N–H and O–H groups in total. The molecule has 3 rings (SSSR count). The molecule has 2 aliphatic rings. The summed E-state index contributed by atoms with van der Waals surface area (Å²) in [6.07, 6.45) is -0.601. The highest BCUT2D eigenvalue weighted by molar-refractivity contribution is 6.00. The van der Waals surface area contributed by atoms with Gasteiger partial charge in [-0.05, 0) is 54.6 Å². The smallest absolute Gasteiger partial charge is 0.330 e. The lowest BCUT2D eigenvalue weighted by Gasteiger charge is -2.39. The molecular formula is C21H22O10. The van der Waals surface area contributed by atoms with Gasteiger partial charge in [0.15, 0.2) is 5.78 Å². The van der Waals surface area contributed by atoms with E-state index in [-0.39, 0.29) is 17.3 Å². The summed E-state index contributed by atoms with van der Waals surface area (Å²) in [6.45, 7) is -0.480. The number of aliphatic hydroxyl groups excluding tert-OH is 3. The van der Waals surface area contributed by atoms with E-state index in [1.807, 2.05) is 0 Å². The number of phenolic OH excluding ortho intramolecular Hbond substituents is 1. The first-order valence-electron chi connectivity index (χ1n) is 9.33. The first-order valence-corrected chi connectivity index (χ1v) is 9.33. The van der Waals surface area contributed by atoms with E-state index in [0.29, 0.717) is 0 Å². The summed E-state index contributed by atoms with van der Waals surface area (Å²) in [5, 5.41) is 49.8. The van der Waals surface area contributed by atoms with Crippen molar-refractivity contribution in [1.29, 1.82) is 0 Å². The fourth-order valence-corrected chi connectivity index (χ4v) is 2.88. The number of rotatable bonds is 6. The van der Waals surface area contributed by atoms with E-state index < -0.39 is 48.9 Å². The van der Waals surface area contributed by atoms with E-state index in [0.717, 1.165) is 24.3 Å². The van der Waals surface area contributed by atoms with Crippen LogP contribution in [0.4, 0.5) is 0 Å². The third-order valence-corrected chi connectivity index (χ3v) is 4.66. The van der Waals surface area contributed by atoms with Gasteiger partial charge in [-0.1, -0.05) is 0 Å². The molecule has 10 nitrogen and oxygen atoms in total. The summed E-state index contributed by atoms with van der Waals surface area (Å²) in [5.41, 5.74) is -1.61. The van der Waals surface area contributed by atoms with Crippen molar-refractivity contribution in [2.75, 3.05) is 6.61 Å². The Morgan fingerprint density at radius 1 is 1.06 bits per heavy atom. The molecule has 0 bridgehead atoms. The normalized spacial score (nSPS) is 29.8. The number of benzene rings is 1. The van der Waals surface area contributed by atoms with E-state index in [1.165, 1.54) is 36.4 Å². The van der Waals surface area contributed by atoms with Crippen LogP contribution in [-0.4, -0.2) is 80.2 Å². The monoisotopic (exact) mass is 434 g/mol. The number of hydrogen-bond acceptors (Lipinski definition) is 10. The molecule has 1 fully saturated rings. The second kappa shape index (κ2) is 9.41. The number of hydrogen-bond donors (Lipinski definition) is 5. The number of carbonyl (C=O) groups is 2. The van der Waals surface area contributed by atoms with Gasteiger partial charge in [-0.15, -0.1) is 0 Å². The van der Waals surface area contributed by atoms with Crippen LogP contribution in [0.3, 0.4) is 0 Å². The highest BCUT2D eigenvalue weighted by Gasteiger charge is 2.45. The van der Waals surface area contributed by atoms with Crippen molar-refractivity contribution < 1.29 is 49.3 Å². The molecule has 0 aromatic heterocycles. The average molecular weight is 434 g/mol. The average Bonchev–Trinajstić information content (AvgIpc) is 2.75. The SMILES string of the molecule is O=C1C=CC(O)(/C=C/C(=O)OC[C@H]2O[C@@H](Oc3ccc(O)cc3)[C@H](O)[C@@H](O)[C@@H]2O)C=C1. The molecule has 1 aliphatic carbocycles. The Bertz CT molecular complexity index is 872. The fourth-order valence-electron chi connectivity index (χ4n) is 2.88. The number of allylic oxidation sites excluding steroid dienone is 2.